The molecule has 29 heavy (non-hydrogen) atoms. The minimum Gasteiger partial charge on any atom is -0.378 e. The smallest absolute Gasteiger partial charge is 0.251 e. The third kappa shape index (κ3) is 4.75. The molecule has 0 aliphatic carbocycles. The van der Waals surface area contributed by atoms with Crippen molar-refractivity contribution in [3.8, 4) is 11.3 Å². The molecule has 1 amide bonds. The Morgan fingerprint density at radius 3 is 2.55 bits per heavy atom. The number of nitrogens with one attached hydrogen (secondary N) is 1. The Labute approximate surface area is 168 Å². The van der Waals surface area contributed by atoms with Gasteiger partial charge in [-0.2, -0.15) is 0 Å². The van der Waals surface area contributed by atoms with Crippen molar-refractivity contribution in [2.75, 3.05) is 31.2 Å². The number of carbonyl (C=O) groups excluding carboxylic acids is 1. The zero-order chi connectivity index (χ0) is 20.1. The molecule has 4 rings (SSSR count). The van der Waals surface area contributed by atoms with Gasteiger partial charge in [-0.05, 0) is 42.0 Å². The molecule has 0 atom stereocenters. The van der Waals surface area contributed by atoms with E-state index in [4.69, 9.17) is 4.74 Å². The standard InChI is InChI=1S/C22H21FN4O2/c23-19-6-4-16(5-7-19)15-24-22(28)18-3-1-2-17(14-18)20-8-9-21(26-25-20)27-10-12-29-13-11-27/h1-9,14H,10-13,15H2,(H,24,28). The molecular formula is C22H21FN4O2. The molecule has 1 saturated heterocycles. The summed E-state index contributed by atoms with van der Waals surface area (Å²) >= 11 is 0. The van der Waals surface area contributed by atoms with Crippen LogP contribution in [0.2, 0.25) is 0 Å². The van der Waals surface area contributed by atoms with Crippen molar-refractivity contribution in [1.82, 2.24) is 15.5 Å². The molecule has 7 heteroatoms. The van der Waals surface area contributed by atoms with Gasteiger partial charge in [-0.15, -0.1) is 10.2 Å². The Morgan fingerprint density at radius 2 is 1.83 bits per heavy atom. The lowest BCUT2D eigenvalue weighted by Crippen LogP contribution is -2.36. The van der Waals surface area contributed by atoms with Gasteiger partial charge in [-0.25, -0.2) is 4.39 Å². The van der Waals surface area contributed by atoms with E-state index in [1.54, 1.807) is 24.3 Å². The van der Waals surface area contributed by atoms with Crippen LogP contribution >= 0.6 is 0 Å². The normalized spacial score (nSPS) is 13.9. The second kappa shape index (κ2) is 8.79. The molecule has 1 fully saturated rings. The third-order valence-electron chi connectivity index (χ3n) is 4.77. The van der Waals surface area contributed by atoms with E-state index in [2.05, 4.69) is 20.4 Å². The first-order valence-corrected chi connectivity index (χ1v) is 9.48. The highest BCUT2D eigenvalue weighted by Gasteiger charge is 2.13. The monoisotopic (exact) mass is 392 g/mol. The Kier molecular flexibility index (Phi) is 5.76. The van der Waals surface area contributed by atoms with Gasteiger partial charge >= 0.3 is 0 Å². The van der Waals surface area contributed by atoms with Gasteiger partial charge in [0.2, 0.25) is 0 Å². The molecule has 0 unspecified atom stereocenters. The van der Waals surface area contributed by atoms with Crippen LogP contribution in [0.25, 0.3) is 11.3 Å². The number of rotatable bonds is 5. The van der Waals surface area contributed by atoms with Crippen LogP contribution in [-0.4, -0.2) is 42.4 Å². The van der Waals surface area contributed by atoms with Gasteiger partial charge in [-0.1, -0.05) is 24.3 Å². The van der Waals surface area contributed by atoms with E-state index in [-0.39, 0.29) is 11.7 Å². The van der Waals surface area contributed by atoms with Crippen LogP contribution in [0.3, 0.4) is 0 Å². The number of amides is 1. The maximum atomic E-state index is 13.0. The number of hydrogen-bond donors (Lipinski definition) is 1. The first kappa shape index (κ1) is 19.0. The summed E-state index contributed by atoms with van der Waals surface area (Å²) in [6.07, 6.45) is 0. The van der Waals surface area contributed by atoms with Crippen molar-refractivity contribution >= 4 is 11.7 Å². The second-order valence-electron chi connectivity index (χ2n) is 6.77. The van der Waals surface area contributed by atoms with Gasteiger partial charge in [0.05, 0.1) is 18.9 Å². The minimum atomic E-state index is -0.298. The summed E-state index contributed by atoms with van der Waals surface area (Å²) in [5, 5.41) is 11.5. The van der Waals surface area contributed by atoms with E-state index in [0.29, 0.717) is 31.0 Å². The fraction of sp³-hybridized carbons (Fsp3) is 0.227. The lowest BCUT2D eigenvalue weighted by molar-refractivity contribution is 0.0951. The van der Waals surface area contributed by atoms with Crippen molar-refractivity contribution < 1.29 is 13.9 Å². The average molecular weight is 392 g/mol. The number of hydrogen-bond acceptors (Lipinski definition) is 5. The fourth-order valence-electron chi connectivity index (χ4n) is 3.15. The summed E-state index contributed by atoms with van der Waals surface area (Å²) < 4.78 is 18.3. The topological polar surface area (TPSA) is 67.4 Å². The van der Waals surface area contributed by atoms with Gasteiger partial charge in [-0.3, -0.25) is 4.79 Å². The highest BCUT2D eigenvalue weighted by molar-refractivity contribution is 5.95. The molecule has 0 spiro atoms. The predicted octanol–water partition coefficient (Wildman–Crippen LogP) is 3.05. The largest absolute Gasteiger partial charge is 0.378 e. The van der Waals surface area contributed by atoms with E-state index in [1.165, 1.54) is 12.1 Å². The Bertz CT molecular complexity index is 971. The number of carbonyl (C=O) groups is 1. The number of benzene rings is 2. The molecule has 0 radical (unpaired) electrons. The van der Waals surface area contributed by atoms with Gasteiger partial charge in [0.15, 0.2) is 5.82 Å². The molecule has 1 aromatic heterocycles. The summed E-state index contributed by atoms with van der Waals surface area (Å²) in [6, 6.07) is 17.2. The molecular weight excluding hydrogens is 371 g/mol. The number of anilines is 1. The Morgan fingerprint density at radius 1 is 1.03 bits per heavy atom. The van der Waals surface area contributed by atoms with Gasteiger partial charge in [0.1, 0.15) is 5.82 Å². The fourth-order valence-corrected chi connectivity index (χ4v) is 3.15. The van der Waals surface area contributed by atoms with Crippen molar-refractivity contribution in [3.05, 3.63) is 77.6 Å². The van der Waals surface area contributed by atoms with Crippen LogP contribution in [0.15, 0.2) is 60.7 Å². The zero-order valence-corrected chi connectivity index (χ0v) is 15.8. The molecule has 2 aromatic carbocycles. The number of ether oxygens (including phenoxy) is 1. The molecule has 1 N–H and O–H groups in total. The highest BCUT2D eigenvalue weighted by Crippen LogP contribution is 2.20. The number of aromatic nitrogens is 2. The van der Waals surface area contributed by atoms with E-state index in [0.717, 1.165) is 30.0 Å². The van der Waals surface area contributed by atoms with E-state index in [9.17, 15) is 9.18 Å². The minimum absolute atomic E-state index is 0.200. The number of halogens is 1. The summed E-state index contributed by atoms with van der Waals surface area (Å²) in [5.74, 6) is 0.327. The predicted molar refractivity (Wildman–Crippen MR) is 108 cm³/mol. The lowest BCUT2D eigenvalue weighted by Gasteiger charge is -2.27. The summed E-state index contributed by atoms with van der Waals surface area (Å²) in [5.41, 5.74) is 2.89. The SMILES string of the molecule is O=C(NCc1ccc(F)cc1)c1cccc(-c2ccc(N3CCOCC3)nn2)c1. The van der Waals surface area contributed by atoms with E-state index in [1.807, 2.05) is 24.3 Å². The van der Waals surface area contributed by atoms with Gasteiger partial charge in [0, 0.05) is 30.8 Å². The van der Waals surface area contributed by atoms with Crippen LogP contribution < -0.4 is 10.2 Å². The van der Waals surface area contributed by atoms with Crippen LogP contribution in [0, 0.1) is 5.82 Å². The maximum Gasteiger partial charge on any atom is 0.251 e. The molecule has 6 nitrogen and oxygen atoms in total. The Balaban J connectivity index is 1.43. The first-order chi connectivity index (χ1) is 14.2. The number of morpholine rings is 1. The molecule has 148 valence electrons. The Hall–Kier alpha value is -3.32. The summed E-state index contributed by atoms with van der Waals surface area (Å²) in [7, 11) is 0. The van der Waals surface area contributed by atoms with Gasteiger partial charge in [0.25, 0.3) is 5.91 Å². The third-order valence-corrected chi connectivity index (χ3v) is 4.77. The second-order valence-corrected chi connectivity index (χ2v) is 6.77. The lowest BCUT2D eigenvalue weighted by atomic mass is 10.1. The van der Waals surface area contributed by atoms with E-state index >= 15 is 0 Å². The molecule has 1 aliphatic heterocycles. The highest BCUT2D eigenvalue weighted by atomic mass is 19.1. The van der Waals surface area contributed by atoms with Gasteiger partial charge < -0.3 is 15.0 Å². The summed E-state index contributed by atoms with van der Waals surface area (Å²) in [6.45, 7) is 3.32. The number of nitrogens with zero attached hydrogens (tertiary/aromatic N) is 3. The van der Waals surface area contributed by atoms with Crippen LogP contribution in [0.5, 0.6) is 0 Å². The quantitative estimate of drug-likeness (QED) is 0.723. The van der Waals surface area contributed by atoms with Crippen LogP contribution in [-0.2, 0) is 11.3 Å². The molecule has 0 saturated carbocycles. The molecule has 2 heterocycles. The zero-order valence-electron chi connectivity index (χ0n) is 15.8. The van der Waals surface area contributed by atoms with Crippen LogP contribution in [0.1, 0.15) is 15.9 Å². The maximum absolute atomic E-state index is 13.0. The molecule has 1 aliphatic rings. The molecule has 0 bridgehead atoms. The summed E-state index contributed by atoms with van der Waals surface area (Å²) in [4.78, 5) is 14.6. The van der Waals surface area contributed by atoms with Crippen molar-refractivity contribution in [1.29, 1.82) is 0 Å². The molecule has 3 aromatic rings. The van der Waals surface area contributed by atoms with E-state index < -0.39 is 0 Å². The van der Waals surface area contributed by atoms with Crippen molar-refractivity contribution in [3.63, 3.8) is 0 Å². The van der Waals surface area contributed by atoms with Crippen LogP contribution in [0.4, 0.5) is 10.2 Å². The van der Waals surface area contributed by atoms with Crippen molar-refractivity contribution in [2.45, 2.75) is 6.54 Å². The van der Waals surface area contributed by atoms with Crippen molar-refractivity contribution in [2.24, 2.45) is 0 Å². The first-order valence-electron chi connectivity index (χ1n) is 9.48. The average Bonchev–Trinajstić information content (AvgIpc) is 2.79.